The molecule has 13 heteroatoms. The number of methoxy groups -OCH3 is 2. The lowest BCUT2D eigenvalue weighted by Crippen LogP contribution is -2.52. The highest BCUT2D eigenvalue weighted by Gasteiger charge is 2.50. The number of likely N-dealkylation sites (tertiary alicyclic amines) is 1. The highest BCUT2D eigenvalue weighted by molar-refractivity contribution is 5.91. The van der Waals surface area contributed by atoms with Crippen molar-refractivity contribution in [1.29, 1.82) is 5.41 Å². The molecule has 1 heterocycles. The number of benzene rings is 2. The summed E-state index contributed by atoms with van der Waals surface area (Å²) in [4.78, 5) is 11.3. The number of carbonyl (C=O) groups is 1. The predicted octanol–water partition coefficient (Wildman–Crippen LogP) is 4.75. The number of nitrogens with zero attached hydrogens (tertiary/aromatic N) is 1. The Morgan fingerprint density at radius 3 is 2.26 bits per heavy atom. The summed E-state index contributed by atoms with van der Waals surface area (Å²) in [5, 5.41) is 21.3. The first-order valence-electron chi connectivity index (χ1n) is 12.1. The molecule has 39 heavy (non-hydrogen) atoms. The van der Waals surface area contributed by atoms with Gasteiger partial charge in [-0.05, 0) is 69.1 Å². The van der Waals surface area contributed by atoms with E-state index in [-0.39, 0.29) is 23.1 Å². The molecule has 4 rings (SSSR count). The standard InChI is InChI=1S/C24H30F2N4O2.C2HF3O2/c1-30-9-8-24(15-4-5-20(31-2)21(10-15)32-3)7-6-18(14-22(24)30)28-23(27)29-19-12-16(25)11-17(26)13-19;3-2(4,5)1(6)7/h4-5,10-13,18,22H,6-9,14H2,1-3H3,(H3,27,28,29);(H,6,7). The van der Waals surface area contributed by atoms with Crippen LogP contribution in [0.2, 0.25) is 0 Å². The van der Waals surface area contributed by atoms with Gasteiger partial charge in [0.05, 0.1) is 14.2 Å². The van der Waals surface area contributed by atoms with Crippen molar-refractivity contribution in [3.63, 3.8) is 0 Å². The molecule has 3 unspecified atom stereocenters. The third-order valence-corrected chi connectivity index (χ3v) is 7.21. The maximum absolute atomic E-state index is 13.4. The molecular weight excluding hydrogens is 527 g/mol. The summed E-state index contributed by atoms with van der Waals surface area (Å²) in [5.41, 5.74) is 1.49. The zero-order valence-electron chi connectivity index (χ0n) is 21.7. The van der Waals surface area contributed by atoms with Crippen LogP contribution in [0, 0.1) is 17.0 Å². The molecule has 0 amide bonds. The first-order chi connectivity index (χ1) is 18.3. The molecule has 0 spiro atoms. The Balaban J connectivity index is 0.000000532. The molecule has 0 bridgehead atoms. The number of carboxylic acid groups (broad SMARTS) is 1. The van der Waals surface area contributed by atoms with Crippen LogP contribution in [-0.4, -0.2) is 68.0 Å². The number of ether oxygens (including phenoxy) is 2. The Morgan fingerprint density at radius 2 is 1.69 bits per heavy atom. The normalized spacial score (nSPS) is 22.7. The van der Waals surface area contributed by atoms with Crippen LogP contribution >= 0.6 is 0 Å². The summed E-state index contributed by atoms with van der Waals surface area (Å²) in [6.45, 7) is 1.00. The highest BCUT2D eigenvalue weighted by Crippen LogP contribution is 2.49. The van der Waals surface area contributed by atoms with Crippen LogP contribution in [0.4, 0.5) is 27.6 Å². The third-order valence-electron chi connectivity index (χ3n) is 7.21. The van der Waals surface area contributed by atoms with Crippen molar-refractivity contribution in [1.82, 2.24) is 10.2 Å². The lowest BCUT2D eigenvalue weighted by molar-refractivity contribution is -0.192. The lowest BCUT2D eigenvalue weighted by atomic mass is 9.65. The zero-order valence-corrected chi connectivity index (χ0v) is 21.7. The van der Waals surface area contributed by atoms with Crippen molar-refractivity contribution < 1.29 is 41.3 Å². The quantitative estimate of drug-likeness (QED) is 0.239. The van der Waals surface area contributed by atoms with E-state index in [1.807, 2.05) is 6.07 Å². The Labute approximate surface area is 222 Å². The van der Waals surface area contributed by atoms with E-state index in [2.05, 4.69) is 34.7 Å². The van der Waals surface area contributed by atoms with Crippen LogP contribution in [0.3, 0.4) is 0 Å². The van der Waals surface area contributed by atoms with E-state index in [9.17, 15) is 22.0 Å². The van der Waals surface area contributed by atoms with Gasteiger partial charge >= 0.3 is 12.1 Å². The number of likely N-dealkylation sites (N-methyl/N-ethyl adjacent to an activating group) is 1. The van der Waals surface area contributed by atoms with Crippen molar-refractivity contribution in [2.75, 3.05) is 33.1 Å². The van der Waals surface area contributed by atoms with Gasteiger partial charge in [-0.3, -0.25) is 5.41 Å². The Hall–Kier alpha value is -3.61. The molecule has 1 aliphatic carbocycles. The van der Waals surface area contributed by atoms with Gasteiger partial charge in [-0.15, -0.1) is 0 Å². The Morgan fingerprint density at radius 1 is 1.08 bits per heavy atom. The number of hydrogen-bond donors (Lipinski definition) is 4. The number of guanidine groups is 1. The van der Waals surface area contributed by atoms with Crippen molar-refractivity contribution in [3.05, 3.63) is 53.6 Å². The summed E-state index contributed by atoms with van der Waals surface area (Å²) >= 11 is 0. The van der Waals surface area contributed by atoms with Crippen molar-refractivity contribution in [3.8, 4) is 11.5 Å². The first kappa shape index (κ1) is 29.9. The number of alkyl halides is 3. The number of nitrogens with one attached hydrogen (secondary N) is 3. The number of fused-ring (bicyclic) bond motifs is 1. The molecule has 0 aromatic heterocycles. The first-order valence-corrected chi connectivity index (χ1v) is 12.1. The fourth-order valence-corrected chi connectivity index (χ4v) is 5.41. The molecule has 1 aliphatic heterocycles. The molecule has 3 atom stereocenters. The molecule has 4 N–H and O–H groups in total. The van der Waals surface area contributed by atoms with Gasteiger partial charge in [0.2, 0.25) is 0 Å². The van der Waals surface area contributed by atoms with E-state index in [1.165, 1.54) is 17.7 Å². The maximum Gasteiger partial charge on any atom is 0.490 e. The third kappa shape index (κ3) is 7.08. The summed E-state index contributed by atoms with van der Waals surface area (Å²) in [6, 6.07) is 9.77. The summed E-state index contributed by atoms with van der Waals surface area (Å²) in [7, 11) is 5.44. The second-order valence-electron chi connectivity index (χ2n) is 9.55. The van der Waals surface area contributed by atoms with Crippen LogP contribution in [0.5, 0.6) is 11.5 Å². The predicted molar refractivity (Wildman–Crippen MR) is 134 cm³/mol. The SMILES string of the molecule is COc1ccc(C23CCC(NC(=N)Nc4cc(F)cc(F)c4)CC2N(C)CC3)cc1OC.O=C(O)C(F)(F)F. The summed E-state index contributed by atoms with van der Waals surface area (Å²) in [5.74, 6) is -2.61. The van der Waals surface area contributed by atoms with E-state index in [0.717, 1.165) is 49.8 Å². The molecule has 2 aromatic carbocycles. The van der Waals surface area contributed by atoms with Crippen LogP contribution < -0.4 is 20.1 Å². The average Bonchev–Trinajstić information content (AvgIpc) is 3.19. The van der Waals surface area contributed by atoms with Gasteiger partial charge in [0.1, 0.15) is 11.6 Å². The van der Waals surface area contributed by atoms with Gasteiger partial charge in [0, 0.05) is 29.3 Å². The topological polar surface area (TPSA) is 107 Å². The summed E-state index contributed by atoms with van der Waals surface area (Å²) < 4.78 is 69.6. The van der Waals surface area contributed by atoms with Crippen molar-refractivity contribution in [2.24, 2.45) is 0 Å². The number of halogens is 5. The molecule has 1 saturated heterocycles. The largest absolute Gasteiger partial charge is 0.493 e. The highest BCUT2D eigenvalue weighted by atomic mass is 19.4. The van der Waals surface area contributed by atoms with Gasteiger partial charge < -0.3 is 30.1 Å². The molecule has 2 fully saturated rings. The number of hydrogen-bond acceptors (Lipinski definition) is 5. The minimum atomic E-state index is -5.08. The van der Waals surface area contributed by atoms with Crippen LogP contribution in [0.25, 0.3) is 0 Å². The second-order valence-corrected chi connectivity index (χ2v) is 9.55. The number of carboxylic acids is 1. The van der Waals surface area contributed by atoms with Crippen LogP contribution in [-0.2, 0) is 10.2 Å². The van der Waals surface area contributed by atoms with Crippen molar-refractivity contribution in [2.45, 2.75) is 49.4 Å². The average molecular weight is 559 g/mol. The van der Waals surface area contributed by atoms with E-state index in [4.69, 9.17) is 24.8 Å². The molecule has 8 nitrogen and oxygen atoms in total. The number of rotatable bonds is 5. The molecule has 1 saturated carbocycles. The smallest absolute Gasteiger partial charge is 0.490 e. The minimum Gasteiger partial charge on any atom is -0.493 e. The van der Waals surface area contributed by atoms with Gasteiger partial charge in [-0.25, -0.2) is 13.6 Å². The van der Waals surface area contributed by atoms with E-state index >= 15 is 0 Å². The van der Waals surface area contributed by atoms with Crippen LogP contribution in [0.1, 0.15) is 31.2 Å². The van der Waals surface area contributed by atoms with E-state index < -0.39 is 23.8 Å². The second kappa shape index (κ2) is 12.1. The molecule has 0 radical (unpaired) electrons. The van der Waals surface area contributed by atoms with Crippen LogP contribution in [0.15, 0.2) is 36.4 Å². The van der Waals surface area contributed by atoms with Crippen molar-refractivity contribution >= 4 is 17.6 Å². The fraction of sp³-hybridized carbons (Fsp3) is 0.462. The van der Waals surface area contributed by atoms with E-state index in [0.29, 0.717) is 6.04 Å². The van der Waals surface area contributed by atoms with E-state index in [1.54, 1.807) is 14.2 Å². The van der Waals surface area contributed by atoms with Gasteiger partial charge in [-0.1, -0.05) is 6.07 Å². The number of anilines is 1. The zero-order chi connectivity index (χ0) is 29.0. The minimum absolute atomic E-state index is 0.0216. The Kier molecular flexibility index (Phi) is 9.26. The molecule has 214 valence electrons. The van der Waals surface area contributed by atoms with Gasteiger partial charge in [0.15, 0.2) is 17.5 Å². The monoisotopic (exact) mass is 558 g/mol. The fourth-order valence-electron chi connectivity index (χ4n) is 5.41. The van der Waals surface area contributed by atoms with Gasteiger partial charge in [-0.2, -0.15) is 13.2 Å². The number of aliphatic carboxylic acids is 1. The lowest BCUT2D eigenvalue weighted by Gasteiger charge is -2.45. The maximum atomic E-state index is 13.4. The molecule has 2 aromatic rings. The summed E-state index contributed by atoms with van der Waals surface area (Å²) in [6.07, 6.45) is -1.29. The Bertz CT molecular complexity index is 1180. The molecule has 2 aliphatic rings. The molecular formula is C26H31F5N4O4. The van der Waals surface area contributed by atoms with Gasteiger partial charge in [0.25, 0.3) is 0 Å².